The summed E-state index contributed by atoms with van der Waals surface area (Å²) < 4.78 is 44.4. The minimum Gasteiger partial charge on any atom is -0.463 e. The maximum absolute atomic E-state index is 11.9. The first-order valence-electron chi connectivity index (χ1n) is 15.8. The van der Waals surface area contributed by atoms with E-state index in [-0.39, 0.29) is 41.6 Å². The second kappa shape index (κ2) is 14.2. The summed E-state index contributed by atoms with van der Waals surface area (Å²) in [6, 6.07) is 9.22. The molecule has 1 aromatic rings. The third-order valence-electron chi connectivity index (χ3n) is 10.6. The number of hydrogen-bond donors (Lipinski definition) is 0. The topological polar surface area (TPSA) is 130 Å². The molecule has 0 aromatic heterocycles. The van der Waals surface area contributed by atoms with Crippen LogP contribution in [-0.2, 0) is 37.6 Å². The van der Waals surface area contributed by atoms with Gasteiger partial charge in [0.2, 0.25) is 0 Å². The molecule has 3 heterocycles. The molecule has 246 valence electrons. The lowest BCUT2D eigenvalue weighted by molar-refractivity contribution is -0.360. The molecule has 3 saturated heterocycles. The van der Waals surface area contributed by atoms with Crippen molar-refractivity contribution in [2.24, 2.45) is 28.8 Å². The first-order chi connectivity index (χ1) is 20.7. The van der Waals surface area contributed by atoms with Gasteiger partial charge in [0.1, 0.15) is 18.8 Å². The van der Waals surface area contributed by atoms with Gasteiger partial charge in [-0.1, -0.05) is 83.9 Å². The summed E-state index contributed by atoms with van der Waals surface area (Å²) in [5.41, 5.74) is 10.5. The third-order valence-corrected chi connectivity index (χ3v) is 15.1. The summed E-state index contributed by atoms with van der Waals surface area (Å²) >= 11 is 0. The number of rotatable bonds is 10. The number of benzene rings is 1. The van der Waals surface area contributed by atoms with Gasteiger partial charge in [-0.25, -0.2) is 0 Å². The molecule has 3 aliphatic rings. The molecule has 4 rings (SSSR count). The Balaban J connectivity index is 1.54. The van der Waals surface area contributed by atoms with Crippen LogP contribution in [0, 0.1) is 23.7 Å². The van der Waals surface area contributed by atoms with Gasteiger partial charge in [-0.3, -0.25) is 4.79 Å². The van der Waals surface area contributed by atoms with Crippen molar-refractivity contribution in [3.63, 3.8) is 0 Å². The fourth-order valence-electron chi connectivity index (χ4n) is 6.18. The summed E-state index contributed by atoms with van der Waals surface area (Å²) in [6.45, 7) is 21.0. The number of fused-ring (bicyclic) bond motifs is 1. The van der Waals surface area contributed by atoms with Crippen LogP contribution < -0.4 is 0 Å². The van der Waals surface area contributed by atoms with E-state index in [1.54, 1.807) is 0 Å². The molecule has 0 spiro atoms. The molecule has 0 aliphatic carbocycles. The highest BCUT2D eigenvalue weighted by Gasteiger charge is 2.53. The van der Waals surface area contributed by atoms with E-state index in [0.717, 1.165) is 5.56 Å². The van der Waals surface area contributed by atoms with Crippen LogP contribution in [0.3, 0.4) is 0 Å². The number of hydrogen-bond acceptors (Lipinski definition) is 9. The average molecular weight is 634 g/mol. The van der Waals surface area contributed by atoms with Gasteiger partial charge in [-0.15, -0.1) is 0 Å². The van der Waals surface area contributed by atoms with E-state index >= 15 is 0 Å². The fourth-order valence-corrected chi connectivity index (χ4v) is 8.65. The molecule has 0 radical (unpaired) electrons. The minimum atomic E-state index is -2.40. The zero-order valence-electron chi connectivity index (χ0n) is 27.8. The number of esters is 1. The van der Waals surface area contributed by atoms with Crippen molar-refractivity contribution in [3.05, 3.63) is 46.3 Å². The maximum atomic E-state index is 11.9. The predicted octanol–water partition coefficient (Wildman–Crippen LogP) is 6.74. The van der Waals surface area contributed by atoms with Gasteiger partial charge in [-0.05, 0) is 41.4 Å². The molecule has 3 fully saturated rings. The van der Waals surface area contributed by atoms with Crippen LogP contribution in [0.15, 0.2) is 35.4 Å². The minimum absolute atomic E-state index is 0.0313. The van der Waals surface area contributed by atoms with Crippen molar-refractivity contribution >= 4 is 14.3 Å². The van der Waals surface area contributed by atoms with Crippen molar-refractivity contribution in [1.82, 2.24) is 0 Å². The fraction of sp³-hybridized carbons (Fsp3) is 0.781. The first-order valence-corrected chi connectivity index (χ1v) is 18.7. The van der Waals surface area contributed by atoms with Crippen molar-refractivity contribution in [1.29, 1.82) is 0 Å². The zero-order chi connectivity index (χ0) is 32.4. The lowest BCUT2D eigenvalue weighted by Crippen LogP contribution is -2.62. The summed E-state index contributed by atoms with van der Waals surface area (Å²) in [7, 11) is -2.40. The highest BCUT2D eigenvalue weighted by Crippen LogP contribution is 2.47. The van der Waals surface area contributed by atoms with Crippen LogP contribution in [0.5, 0.6) is 0 Å². The molecule has 5 unspecified atom stereocenters. The predicted molar refractivity (Wildman–Crippen MR) is 167 cm³/mol. The van der Waals surface area contributed by atoms with Gasteiger partial charge in [-0.2, -0.15) is 0 Å². The summed E-state index contributed by atoms with van der Waals surface area (Å²) in [6.07, 6.45) is -3.66. The van der Waals surface area contributed by atoms with Gasteiger partial charge in [0, 0.05) is 23.3 Å². The largest absolute Gasteiger partial charge is 0.463 e. The van der Waals surface area contributed by atoms with Crippen LogP contribution in [0.2, 0.25) is 18.1 Å². The smallest absolute Gasteiger partial charge is 0.302 e. The van der Waals surface area contributed by atoms with E-state index in [0.29, 0.717) is 12.5 Å². The number of ether oxygens (including phenoxy) is 6. The van der Waals surface area contributed by atoms with Gasteiger partial charge >= 0.3 is 5.97 Å². The molecule has 44 heavy (non-hydrogen) atoms. The molecule has 11 nitrogen and oxygen atoms in total. The lowest BCUT2D eigenvalue weighted by atomic mass is 9.83. The Hall–Kier alpha value is -2.02. The molecule has 0 saturated carbocycles. The van der Waals surface area contributed by atoms with Crippen LogP contribution in [0.25, 0.3) is 10.4 Å². The quantitative estimate of drug-likeness (QED) is 0.0910. The van der Waals surface area contributed by atoms with Gasteiger partial charge in [0.05, 0.1) is 24.9 Å². The standard InChI is InChI=1S/C32H51N3O8Si/c1-18(2)32(7,8)44(9,10)43-31-26(34-35-33)21(5)28(24(40-31)16-37-22(6)36)41-29-20(4)19(3)27-25(39-29)17-38-30(42-27)23-14-12-11-13-15-23/h11-15,18-21,24-31H,16-17H2,1-10H3/t19-,20?,21-,24?,25?,26?,27+,28+,29+,30?,31+/m1/s1. The van der Waals surface area contributed by atoms with Gasteiger partial charge < -0.3 is 32.8 Å². The Bertz CT molecular complexity index is 1160. The van der Waals surface area contributed by atoms with Crippen LogP contribution in [0.4, 0.5) is 0 Å². The summed E-state index contributed by atoms with van der Waals surface area (Å²) in [5.74, 6) is -0.342. The molecule has 0 bridgehead atoms. The van der Waals surface area contributed by atoms with Crippen molar-refractivity contribution in [3.8, 4) is 0 Å². The van der Waals surface area contributed by atoms with Crippen LogP contribution in [-0.4, -0.2) is 70.5 Å². The molecule has 11 atom stereocenters. The Morgan fingerprint density at radius 3 is 2.36 bits per heavy atom. The molecular weight excluding hydrogens is 582 g/mol. The molecule has 12 heteroatoms. The van der Waals surface area contributed by atoms with Gasteiger partial charge in [0.15, 0.2) is 27.2 Å². The molecular formula is C32H51N3O8Si. The maximum Gasteiger partial charge on any atom is 0.302 e. The number of azide groups is 1. The highest BCUT2D eigenvalue weighted by molar-refractivity contribution is 6.74. The number of carbonyl (C=O) groups is 1. The van der Waals surface area contributed by atoms with E-state index in [4.69, 9.17) is 32.8 Å². The second-order valence-electron chi connectivity index (χ2n) is 13.9. The zero-order valence-corrected chi connectivity index (χ0v) is 28.8. The van der Waals surface area contributed by atoms with E-state index < -0.39 is 51.4 Å². The number of nitrogens with zero attached hydrogens (tertiary/aromatic N) is 3. The molecule has 0 N–H and O–H groups in total. The van der Waals surface area contributed by atoms with E-state index in [1.807, 2.05) is 37.3 Å². The Morgan fingerprint density at radius 2 is 1.75 bits per heavy atom. The van der Waals surface area contributed by atoms with Crippen LogP contribution in [0.1, 0.15) is 67.2 Å². The van der Waals surface area contributed by atoms with Gasteiger partial charge in [0.25, 0.3) is 0 Å². The summed E-state index contributed by atoms with van der Waals surface area (Å²) in [5, 5.41) is 4.05. The van der Waals surface area contributed by atoms with E-state index in [1.165, 1.54) is 6.92 Å². The second-order valence-corrected chi connectivity index (χ2v) is 18.5. The molecule has 0 amide bonds. The third kappa shape index (κ3) is 7.34. The number of carbonyl (C=O) groups excluding carboxylic acids is 1. The highest BCUT2D eigenvalue weighted by atomic mass is 28.4. The first kappa shape index (κ1) is 34.8. The van der Waals surface area contributed by atoms with Crippen molar-refractivity contribution < 1.29 is 37.6 Å². The summed E-state index contributed by atoms with van der Waals surface area (Å²) in [4.78, 5) is 15.0. The van der Waals surface area contributed by atoms with Crippen molar-refractivity contribution in [2.75, 3.05) is 13.2 Å². The SMILES string of the molecule is CC(=O)OCC1O[C@@H](O[Si](C)(C)C(C)(C)C(C)C)C(N=[N+]=[N-])[C@@H](C)[C@@H]1O[C@@H]1OC2COC(c3ccccc3)O[C@H]2[C@H](C)C1C. The normalized spacial score (nSPS) is 36.3. The Labute approximate surface area is 262 Å². The Kier molecular flexibility index (Phi) is 11.2. The monoisotopic (exact) mass is 633 g/mol. The van der Waals surface area contributed by atoms with Crippen LogP contribution >= 0.6 is 0 Å². The van der Waals surface area contributed by atoms with Crippen molar-refractivity contribution in [2.45, 2.75) is 123 Å². The van der Waals surface area contributed by atoms with E-state index in [9.17, 15) is 10.3 Å². The molecule has 3 aliphatic heterocycles. The molecule has 1 aromatic carbocycles. The average Bonchev–Trinajstić information content (AvgIpc) is 2.98. The lowest BCUT2D eigenvalue weighted by Gasteiger charge is -2.52. The Morgan fingerprint density at radius 1 is 1.07 bits per heavy atom. The van der Waals surface area contributed by atoms with E-state index in [2.05, 4.69) is 64.7 Å².